The number of hydrogen-bond donors (Lipinski definition) is 0. The number of rotatable bonds is 4. The summed E-state index contributed by atoms with van der Waals surface area (Å²) in [5, 5.41) is 5.50. The second-order valence-corrected chi connectivity index (χ2v) is 6.49. The molecule has 0 aliphatic carbocycles. The Hall–Kier alpha value is 0.00623. The molecule has 0 unspecified atom stereocenters. The predicted octanol–water partition coefficient (Wildman–Crippen LogP) is 1.03. The van der Waals surface area contributed by atoms with Crippen LogP contribution in [-0.4, -0.2) is 0 Å². The maximum Gasteiger partial charge on any atom is 2.00 e. The third-order valence-electron chi connectivity index (χ3n) is 4.43. The van der Waals surface area contributed by atoms with Crippen molar-refractivity contribution in [2.24, 2.45) is 0 Å². The number of fused-ring (bicyclic) bond motifs is 2. The van der Waals surface area contributed by atoms with E-state index in [0.29, 0.717) is 0 Å². The predicted molar refractivity (Wildman–Crippen MR) is 107 cm³/mol. The van der Waals surface area contributed by atoms with Crippen molar-refractivity contribution >= 4 is 21.5 Å². The Labute approximate surface area is 220 Å². The Balaban J connectivity index is 0. The Kier molecular flexibility index (Phi) is 17.0. The first kappa shape index (κ1) is 30.2. The summed E-state index contributed by atoms with van der Waals surface area (Å²) in [6.07, 6.45) is 4.87. The van der Waals surface area contributed by atoms with E-state index < -0.39 is 0 Å². The minimum Gasteiger partial charge on any atom is -1.00 e. The van der Waals surface area contributed by atoms with Crippen LogP contribution in [0.3, 0.4) is 0 Å². The molecule has 0 fully saturated rings. The van der Waals surface area contributed by atoms with E-state index in [4.69, 9.17) is 0 Å². The summed E-state index contributed by atoms with van der Waals surface area (Å²) in [5.41, 5.74) is 2.94. The molecule has 0 atom stereocenters. The van der Waals surface area contributed by atoms with Gasteiger partial charge in [0.05, 0.1) is 0 Å². The van der Waals surface area contributed by atoms with Crippen molar-refractivity contribution < 1.29 is 77.2 Å². The molecule has 0 amide bonds. The molecular weight excluding hydrogens is 542 g/mol. The zero-order chi connectivity index (χ0) is 16.8. The zero-order valence-electron chi connectivity index (χ0n) is 16.5. The van der Waals surface area contributed by atoms with E-state index in [-0.39, 0.29) is 77.2 Å². The molecule has 0 heterocycles. The average Bonchev–Trinajstić information content (AvgIpc) is 3.18. The van der Waals surface area contributed by atoms with Gasteiger partial charge in [-0.3, -0.25) is 0 Å². The maximum atomic E-state index is 2.29. The largest absolute Gasteiger partial charge is 2.00 e. The molecule has 0 spiro atoms. The molecule has 0 N–H and O–H groups in total. The minimum absolute atomic E-state index is 0. The van der Waals surface area contributed by atoms with Crippen molar-refractivity contribution in [2.45, 2.75) is 39.5 Å². The third-order valence-corrected chi connectivity index (χ3v) is 4.43. The molecule has 4 aromatic carbocycles. The van der Waals surface area contributed by atoms with Gasteiger partial charge < -0.3 is 24.8 Å². The summed E-state index contributed by atoms with van der Waals surface area (Å²) < 4.78 is 0. The monoisotopic (exact) mass is 564 g/mol. The Morgan fingerprint density at radius 1 is 0.607 bits per heavy atom. The van der Waals surface area contributed by atoms with Crippen molar-refractivity contribution in [3.63, 3.8) is 0 Å². The van der Waals surface area contributed by atoms with Crippen LogP contribution in [0.25, 0.3) is 21.5 Å². The van der Waals surface area contributed by atoms with Crippen LogP contribution in [0.15, 0.2) is 72.8 Å². The summed E-state index contributed by atoms with van der Waals surface area (Å²) >= 11 is 0. The number of aryl methyl sites for hydroxylation is 2. The van der Waals surface area contributed by atoms with Gasteiger partial charge in [0, 0.05) is 0 Å². The van der Waals surface area contributed by atoms with Crippen LogP contribution in [0.1, 0.15) is 37.8 Å². The van der Waals surface area contributed by atoms with E-state index in [0.717, 1.165) is 0 Å². The fourth-order valence-electron chi connectivity index (χ4n) is 3.30. The van der Waals surface area contributed by atoms with Gasteiger partial charge in [0.2, 0.25) is 0 Å². The molecule has 4 heteroatoms. The van der Waals surface area contributed by atoms with Gasteiger partial charge in [-0.2, -0.15) is 12.1 Å². The molecule has 0 aliphatic heterocycles. The topological polar surface area (TPSA) is 0 Å². The van der Waals surface area contributed by atoms with Gasteiger partial charge in [0.1, 0.15) is 0 Å². The minimum atomic E-state index is 0. The van der Waals surface area contributed by atoms with Gasteiger partial charge in [0.15, 0.2) is 0 Å². The van der Waals surface area contributed by atoms with Crippen LogP contribution in [0.2, 0.25) is 0 Å². The van der Waals surface area contributed by atoms with Crippen LogP contribution in [0.5, 0.6) is 0 Å². The van der Waals surface area contributed by atoms with Crippen molar-refractivity contribution in [2.75, 3.05) is 0 Å². The van der Waals surface area contributed by atoms with Crippen LogP contribution < -0.4 is 24.8 Å². The van der Waals surface area contributed by atoms with Gasteiger partial charge in [-0.1, -0.05) is 38.8 Å². The van der Waals surface area contributed by atoms with Crippen molar-refractivity contribution in [1.29, 1.82) is 0 Å². The summed E-state index contributed by atoms with van der Waals surface area (Å²) in [5.74, 6) is 0. The first-order valence-electron chi connectivity index (χ1n) is 9.09. The molecule has 0 saturated heterocycles. The first-order valence-corrected chi connectivity index (χ1v) is 9.09. The van der Waals surface area contributed by atoms with Gasteiger partial charge in [-0.15, -0.1) is 81.2 Å². The fraction of sp³-hybridized carbons (Fsp3) is 0.250. The zero-order valence-corrected chi connectivity index (χ0v) is 22.9. The van der Waals surface area contributed by atoms with E-state index in [2.05, 4.69) is 86.6 Å². The third kappa shape index (κ3) is 8.40. The second-order valence-electron chi connectivity index (χ2n) is 6.49. The molecule has 4 aromatic rings. The van der Waals surface area contributed by atoms with Gasteiger partial charge in [0.25, 0.3) is 0 Å². The second kappa shape index (κ2) is 15.8. The molecule has 0 saturated carbocycles. The van der Waals surface area contributed by atoms with Gasteiger partial charge in [-0.05, 0) is 12.8 Å². The first-order chi connectivity index (χ1) is 11.8. The molecular formula is C24H26Cl2Zr2. The quantitative estimate of drug-likeness (QED) is 0.323. The summed E-state index contributed by atoms with van der Waals surface area (Å²) in [4.78, 5) is 0. The summed E-state index contributed by atoms with van der Waals surface area (Å²) in [6, 6.07) is 26.2. The Bertz CT molecular complexity index is 767. The number of hydrogen-bond acceptors (Lipinski definition) is 0. The molecule has 4 rings (SSSR count). The standard InChI is InChI=1S/2C12H13.2ClH.2Zr/c2*1-2-5-10-8-11-6-3-4-7-12(11)9-10;;;;/h2*3-4,6-9H,2,5H2,1H3;2*1H;;/q2*-1;;;2*+2/p-2. The molecule has 0 bridgehead atoms. The molecule has 0 aliphatic rings. The molecule has 0 nitrogen and oxygen atoms in total. The van der Waals surface area contributed by atoms with E-state index >= 15 is 0 Å². The van der Waals surface area contributed by atoms with Crippen LogP contribution in [0, 0.1) is 0 Å². The normalized spacial score (nSPS) is 9.21. The van der Waals surface area contributed by atoms with E-state index in [9.17, 15) is 0 Å². The van der Waals surface area contributed by atoms with Crippen LogP contribution >= 0.6 is 0 Å². The summed E-state index contributed by atoms with van der Waals surface area (Å²) in [6.45, 7) is 4.44. The van der Waals surface area contributed by atoms with Gasteiger partial charge in [-0.25, -0.2) is 0 Å². The number of halogens is 2. The van der Waals surface area contributed by atoms with Crippen molar-refractivity contribution in [3.8, 4) is 0 Å². The average molecular weight is 568 g/mol. The van der Waals surface area contributed by atoms with Crippen LogP contribution in [-0.2, 0) is 65.2 Å². The SMILES string of the molecule is CCCc1cc2ccccc2[cH-]1.CCCc1cc2ccccc2[cH-]1.[Cl-].[Cl-].[Zr+2].[Zr+2]. The number of benzene rings is 2. The fourth-order valence-corrected chi connectivity index (χ4v) is 3.30. The molecule has 0 aromatic heterocycles. The molecule has 0 radical (unpaired) electrons. The van der Waals surface area contributed by atoms with Gasteiger partial charge >= 0.3 is 52.4 Å². The smallest absolute Gasteiger partial charge is 1.00 e. The van der Waals surface area contributed by atoms with E-state index in [1.54, 1.807) is 0 Å². The van der Waals surface area contributed by atoms with E-state index in [1.165, 1.54) is 58.4 Å². The van der Waals surface area contributed by atoms with Crippen molar-refractivity contribution in [3.05, 3.63) is 83.9 Å². The van der Waals surface area contributed by atoms with Crippen LogP contribution in [0.4, 0.5) is 0 Å². The van der Waals surface area contributed by atoms with Crippen molar-refractivity contribution in [1.82, 2.24) is 0 Å². The molecule has 144 valence electrons. The Morgan fingerprint density at radius 2 is 0.964 bits per heavy atom. The van der Waals surface area contributed by atoms with E-state index in [1.807, 2.05) is 0 Å². The Morgan fingerprint density at radius 3 is 1.29 bits per heavy atom. The summed E-state index contributed by atoms with van der Waals surface area (Å²) in [7, 11) is 0. The molecule has 28 heavy (non-hydrogen) atoms. The maximum absolute atomic E-state index is 2.29.